The Hall–Kier alpha value is -2.34. The van der Waals surface area contributed by atoms with Gasteiger partial charge in [-0.2, -0.15) is 5.21 Å². The van der Waals surface area contributed by atoms with E-state index in [0.717, 1.165) is 17.8 Å². The van der Waals surface area contributed by atoms with Gasteiger partial charge in [0, 0.05) is 22.7 Å². The van der Waals surface area contributed by atoms with Gasteiger partial charge in [-0.05, 0) is 41.3 Å². The molecule has 0 saturated carbocycles. The highest BCUT2D eigenvalue weighted by molar-refractivity contribution is 7.98. The van der Waals surface area contributed by atoms with Crippen LogP contribution in [0.5, 0.6) is 0 Å². The Bertz CT molecular complexity index is 694. The van der Waals surface area contributed by atoms with Gasteiger partial charge in [0.1, 0.15) is 0 Å². The lowest BCUT2D eigenvalue weighted by atomic mass is 10.1. The molecule has 0 amide bonds. The normalized spacial score (nSPS) is 10.5. The maximum absolute atomic E-state index is 3.99. The highest BCUT2D eigenvalue weighted by Crippen LogP contribution is 2.19. The number of tetrazole rings is 1. The summed E-state index contributed by atoms with van der Waals surface area (Å²) in [6.07, 6.45) is 2.08. The number of rotatable bonds is 5. The minimum atomic E-state index is 0.600. The Morgan fingerprint density at radius 2 is 2.00 bits per heavy atom. The van der Waals surface area contributed by atoms with Crippen LogP contribution in [-0.2, 0) is 6.54 Å². The second-order valence-corrected chi connectivity index (χ2v) is 5.40. The molecule has 6 heteroatoms. The highest BCUT2D eigenvalue weighted by atomic mass is 32.2. The van der Waals surface area contributed by atoms with Crippen LogP contribution in [0.25, 0.3) is 11.4 Å². The summed E-state index contributed by atoms with van der Waals surface area (Å²) in [6.45, 7) is 0.782. The molecule has 0 fully saturated rings. The van der Waals surface area contributed by atoms with Crippen LogP contribution in [0.2, 0.25) is 0 Å². The number of aromatic nitrogens is 4. The molecule has 0 bridgehead atoms. The molecular formula is C15H15N5S. The average molecular weight is 297 g/mol. The SMILES string of the molecule is CSc1ccc(CNc2cccc(-c3nn[nH]n3)c2)cc1. The summed E-state index contributed by atoms with van der Waals surface area (Å²) >= 11 is 1.75. The zero-order chi connectivity index (χ0) is 14.5. The number of thioether (sulfide) groups is 1. The average Bonchev–Trinajstić information content (AvgIpc) is 3.08. The molecule has 21 heavy (non-hydrogen) atoms. The molecule has 0 spiro atoms. The maximum atomic E-state index is 3.99. The van der Waals surface area contributed by atoms with Gasteiger partial charge in [0.05, 0.1) is 0 Å². The third kappa shape index (κ3) is 3.41. The Kier molecular flexibility index (Phi) is 4.16. The molecule has 0 radical (unpaired) electrons. The summed E-state index contributed by atoms with van der Waals surface area (Å²) in [7, 11) is 0. The molecule has 3 rings (SSSR count). The number of anilines is 1. The lowest BCUT2D eigenvalue weighted by Crippen LogP contribution is -1.99. The van der Waals surface area contributed by atoms with E-state index in [-0.39, 0.29) is 0 Å². The summed E-state index contributed by atoms with van der Waals surface area (Å²) in [5.41, 5.74) is 3.22. The van der Waals surface area contributed by atoms with Crippen LogP contribution in [0.1, 0.15) is 5.56 Å². The first-order chi connectivity index (χ1) is 10.3. The molecule has 0 aliphatic heterocycles. The summed E-state index contributed by atoms with van der Waals surface area (Å²) in [5.74, 6) is 0.600. The van der Waals surface area contributed by atoms with Gasteiger partial charge in [-0.15, -0.1) is 22.0 Å². The van der Waals surface area contributed by atoms with Crippen molar-refractivity contribution in [1.29, 1.82) is 0 Å². The summed E-state index contributed by atoms with van der Waals surface area (Å²) < 4.78 is 0. The lowest BCUT2D eigenvalue weighted by Gasteiger charge is -2.08. The van der Waals surface area contributed by atoms with E-state index in [1.165, 1.54) is 10.5 Å². The first kappa shape index (κ1) is 13.6. The maximum Gasteiger partial charge on any atom is 0.204 e. The molecular weight excluding hydrogens is 282 g/mol. The molecule has 5 nitrogen and oxygen atoms in total. The number of aromatic amines is 1. The van der Waals surface area contributed by atoms with Crippen LogP contribution in [0.4, 0.5) is 5.69 Å². The standard InChI is InChI=1S/C15H15N5S/c1-21-14-7-5-11(6-8-14)10-16-13-4-2-3-12(9-13)15-17-19-20-18-15/h2-9,16H,10H2,1H3,(H,17,18,19,20). The van der Waals surface area contributed by atoms with Crippen molar-refractivity contribution >= 4 is 17.4 Å². The number of hydrogen-bond acceptors (Lipinski definition) is 5. The summed E-state index contributed by atoms with van der Waals surface area (Å²) in [5, 5.41) is 17.4. The fourth-order valence-electron chi connectivity index (χ4n) is 2.00. The number of hydrogen-bond donors (Lipinski definition) is 2. The molecule has 1 aromatic heterocycles. The molecule has 1 heterocycles. The van der Waals surface area contributed by atoms with Gasteiger partial charge < -0.3 is 5.32 Å². The van der Waals surface area contributed by atoms with Crippen molar-refractivity contribution in [3.8, 4) is 11.4 Å². The molecule has 0 aliphatic carbocycles. The van der Waals surface area contributed by atoms with Gasteiger partial charge >= 0.3 is 0 Å². The van der Waals surface area contributed by atoms with E-state index >= 15 is 0 Å². The number of benzene rings is 2. The van der Waals surface area contributed by atoms with Gasteiger partial charge in [0.2, 0.25) is 5.82 Å². The van der Waals surface area contributed by atoms with Gasteiger partial charge in [-0.3, -0.25) is 0 Å². The summed E-state index contributed by atoms with van der Waals surface area (Å²) in [4.78, 5) is 1.28. The quantitative estimate of drug-likeness (QED) is 0.708. The molecule has 0 aliphatic rings. The van der Waals surface area contributed by atoms with Crippen molar-refractivity contribution in [2.75, 3.05) is 11.6 Å². The Morgan fingerprint density at radius 1 is 1.14 bits per heavy atom. The lowest BCUT2D eigenvalue weighted by molar-refractivity contribution is 0.881. The number of nitrogens with zero attached hydrogens (tertiary/aromatic N) is 3. The molecule has 2 N–H and O–H groups in total. The second-order valence-electron chi connectivity index (χ2n) is 4.52. The molecule has 2 aromatic carbocycles. The van der Waals surface area contributed by atoms with Crippen molar-refractivity contribution in [3.63, 3.8) is 0 Å². The van der Waals surface area contributed by atoms with E-state index in [4.69, 9.17) is 0 Å². The van der Waals surface area contributed by atoms with Crippen molar-refractivity contribution in [2.45, 2.75) is 11.4 Å². The van der Waals surface area contributed by atoms with Crippen LogP contribution in [0, 0.1) is 0 Å². The van der Waals surface area contributed by atoms with Crippen molar-refractivity contribution in [3.05, 3.63) is 54.1 Å². The van der Waals surface area contributed by atoms with E-state index in [0.29, 0.717) is 5.82 Å². The van der Waals surface area contributed by atoms with E-state index in [1.807, 2.05) is 24.3 Å². The van der Waals surface area contributed by atoms with E-state index < -0.39 is 0 Å². The zero-order valence-corrected chi connectivity index (χ0v) is 12.4. The second kappa shape index (κ2) is 6.41. The Balaban J connectivity index is 1.68. The first-order valence-electron chi connectivity index (χ1n) is 6.56. The van der Waals surface area contributed by atoms with Crippen LogP contribution in [0.15, 0.2) is 53.4 Å². The smallest absolute Gasteiger partial charge is 0.204 e. The summed E-state index contributed by atoms with van der Waals surface area (Å²) in [6, 6.07) is 16.5. The molecule has 106 valence electrons. The fourth-order valence-corrected chi connectivity index (χ4v) is 2.41. The van der Waals surface area contributed by atoms with E-state index in [9.17, 15) is 0 Å². The van der Waals surface area contributed by atoms with E-state index in [1.54, 1.807) is 11.8 Å². The number of H-pyrrole nitrogens is 1. The molecule has 3 aromatic rings. The van der Waals surface area contributed by atoms with Crippen LogP contribution >= 0.6 is 11.8 Å². The molecule has 0 saturated heterocycles. The highest BCUT2D eigenvalue weighted by Gasteiger charge is 2.03. The Morgan fingerprint density at radius 3 is 2.71 bits per heavy atom. The third-order valence-corrected chi connectivity index (χ3v) is 3.87. The van der Waals surface area contributed by atoms with Crippen LogP contribution in [-0.4, -0.2) is 26.9 Å². The van der Waals surface area contributed by atoms with Gasteiger partial charge in [0.25, 0.3) is 0 Å². The van der Waals surface area contributed by atoms with Gasteiger partial charge in [-0.25, -0.2) is 0 Å². The van der Waals surface area contributed by atoms with Crippen LogP contribution < -0.4 is 5.32 Å². The van der Waals surface area contributed by atoms with Crippen molar-refractivity contribution < 1.29 is 0 Å². The number of nitrogens with one attached hydrogen (secondary N) is 2. The minimum absolute atomic E-state index is 0.600. The Labute approximate surface area is 127 Å². The topological polar surface area (TPSA) is 66.5 Å². The van der Waals surface area contributed by atoms with Gasteiger partial charge in [-0.1, -0.05) is 24.3 Å². The van der Waals surface area contributed by atoms with Gasteiger partial charge in [0.15, 0.2) is 0 Å². The predicted octanol–water partition coefficient (Wildman–Crippen LogP) is 3.20. The van der Waals surface area contributed by atoms with Crippen LogP contribution in [0.3, 0.4) is 0 Å². The first-order valence-corrected chi connectivity index (χ1v) is 7.78. The molecule has 0 unspecified atom stereocenters. The minimum Gasteiger partial charge on any atom is -0.381 e. The molecule has 0 atom stereocenters. The monoisotopic (exact) mass is 297 g/mol. The zero-order valence-electron chi connectivity index (χ0n) is 11.6. The van der Waals surface area contributed by atoms with E-state index in [2.05, 4.69) is 56.5 Å². The van der Waals surface area contributed by atoms with Crippen molar-refractivity contribution in [2.24, 2.45) is 0 Å². The largest absolute Gasteiger partial charge is 0.381 e. The predicted molar refractivity (Wildman–Crippen MR) is 85.2 cm³/mol. The fraction of sp³-hybridized carbons (Fsp3) is 0.133. The van der Waals surface area contributed by atoms with Crippen molar-refractivity contribution in [1.82, 2.24) is 20.6 Å². The third-order valence-electron chi connectivity index (χ3n) is 3.12.